The van der Waals surface area contributed by atoms with Gasteiger partial charge >= 0.3 is 6.03 Å². The van der Waals surface area contributed by atoms with Crippen molar-refractivity contribution in [1.29, 1.82) is 0 Å². The summed E-state index contributed by atoms with van der Waals surface area (Å²) in [4.78, 5) is 42.7. The highest BCUT2D eigenvalue weighted by Gasteiger charge is 2.52. The average Bonchev–Trinajstić information content (AvgIpc) is 2.81. The Morgan fingerprint density at radius 1 is 1.18 bits per heavy atom. The summed E-state index contributed by atoms with van der Waals surface area (Å²) in [5, 5.41) is 3.30. The summed E-state index contributed by atoms with van der Waals surface area (Å²) < 4.78 is 0. The number of rotatable bonds is 2. The van der Waals surface area contributed by atoms with Crippen molar-refractivity contribution in [2.24, 2.45) is 5.92 Å². The maximum absolute atomic E-state index is 13.1. The van der Waals surface area contributed by atoms with Gasteiger partial charge in [0, 0.05) is 16.7 Å². The van der Waals surface area contributed by atoms with Crippen molar-refractivity contribution in [1.82, 2.24) is 10.2 Å². The van der Waals surface area contributed by atoms with Crippen molar-refractivity contribution in [2.45, 2.75) is 61.6 Å². The number of amides is 4. The van der Waals surface area contributed by atoms with Gasteiger partial charge in [-0.15, -0.1) is 11.8 Å². The molecule has 1 saturated carbocycles. The van der Waals surface area contributed by atoms with Crippen LogP contribution in [0.2, 0.25) is 0 Å². The Morgan fingerprint density at radius 3 is 2.64 bits per heavy atom. The van der Waals surface area contributed by atoms with Crippen LogP contribution in [0.15, 0.2) is 29.2 Å². The number of carbonyl (C=O) groups is 3. The number of fused-ring (bicyclic) bond motifs is 1. The predicted molar refractivity (Wildman–Crippen MR) is 109 cm³/mol. The number of thioether (sulfide) groups is 1. The Labute approximate surface area is 170 Å². The zero-order valence-electron chi connectivity index (χ0n) is 16.4. The van der Waals surface area contributed by atoms with Crippen LogP contribution in [0.1, 0.15) is 46.0 Å². The van der Waals surface area contributed by atoms with Crippen molar-refractivity contribution >= 4 is 35.3 Å². The molecule has 1 saturated heterocycles. The van der Waals surface area contributed by atoms with Gasteiger partial charge in [-0.05, 0) is 50.2 Å². The van der Waals surface area contributed by atoms with Gasteiger partial charge in [-0.3, -0.25) is 14.5 Å². The minimum Gasteiger partial charge on any atom is -0.323 e. The van der Waals surface area contributed by atoms with Crippen LogP contribution in [0.5, 0.6) is 0 Å². The number of nitrogens with one attached hydrogen (secondary N) is 1. The minimum atomic E-state index is -0.801. The Hall–Kier alpha value is -2.02. The fourth-order valence-corrected chi connectivity index (χ4v) is 5.49. The number of carbonyl (C=O) groups excluding carboxylic acids is 3. The molecule has 2 heterocycles. The molecule has 0 bridgehead atoms. The molecule has 1 aromatic carbocycles. The van der Waals surface area contributed by atoms with E-state index >= 15 is 0 Å². The van der Waals surface area contributed by atoms with Gasteiger partial charge < -0.3 is 10.2 Å². The van der Waals surface area contributed by atoms with Gasteiger partial charge in [-0.25, -0.2) is 4.79 Å². The Bertz CT molecular complexity index is 804. The lowest BCUT2D eigenvalue weighted by atomic mass is 9.77. The van der Waals surface area contributed by atoms with Crippen LogP contribution in [-0.2, 0) is 9.59 Å². The van der Waals surface area contributed by atoms with Gasteiger partial charge in [0.2, 0.25) is 5.91 Å². The number of hydrogen-bond donors (Lipinski definition) is 1. The molecular weight excluding hydrogens is 374 g/mol. The normalized spacial score (nSPS) is 30.2. The number of urea groups is 1. The van der Waals surface area contributed by atoms with Gasteiger partial charge in [0.05, 0.1) is 5.69 Å². The number of benzene rings is 1. The van der Waals surface area contributed by atoms with Crippen LogP contribution < -0.4 is 10.2 Å². The number of para-hydroxylation sites is 1. The highest BCUT2D eigenvalue weighted by atomic mass is 32.2. The molecule has 3 aliphatic rings. The summed E-state index contributed by atoms with van der Waals surface area (Å²) in [6.45, 7) is 4.72. The Morgan fingerprint density at radius 2 is 1.89 bits per heavy atom. The third kappa shape index (κ3) is 3.41. The Balaban J connectivity index is 1.52. The van der Waals surface area contributed by atoms with E-state index in [2.05, 4.69) is 19.2 Å². The standard InChI is InChI=1S/C21H27N3O3S/c1-14-7-10-21(11-8-14)19(26)24(20(27)22-21)13-18(25)23-12-9-15(2)28-17-6-4-3-5-16(17)23/h3-6,14-15H,7-13H2,1-2H3,(H,22,27). The monoisotopic (exact) mass is 401 g/mol. The second-order valence-corrected chi connectivity index (χ2v) is 9.80. The zero-order chi connectivity index (χ0) is 19.9. The number of nitrogens with zero attached hydrogens (tertiary/aromatic N) is 2. The van der Waals surface area contributed by atoms with Gasteiger partial charge in [0.1, 0.15) is 12.1 Å². The van der Waals surface area contributed by atoms with Crippen LogP contribution in [0, 0.1) is 5.92 Å². The van der Waals surface area contributed by atoms with E-state index in [4.69, 9.17) is 0 Å². The largest absolute Gasteiger partial charge is 0.325 e. The second-order valence-electron chi connectivity index (χ2n) is 8.32. The molecule has 1 aliphatic carbocycles. The first kappa shape index (κ1) is 19.3. The summed E-state index contributed by atoms with van der Waals surface area (Å²) in [6.07, 6.45) is 4.02. The first-order valence-electron chi connectivity index (χ1n) is 10.1. The third-order valence-electron chi connectivity index (χ3n) is 6.21. The summed E-state index contributed by atoms with van der Waals surface area (Å²) in [5.41, 5.74) is 0.0698. The van der Waals surface area contributed by atoms with Crippen LogP contribution in [0.4, 0.5) is 10.5 Å². The molecule has 0 aromatic heterocycles. The molecule has 28 heavy (non-hydrogen) atoms. The van der Waals surface area contributed by atoms with E-state index in [1.54, 1.807) is 16.7 Å². The van der Waals surface area contributed by atoms with E-state index in [9.17, 15) is 14.4 Å². The van der Waals surface area contributed by atoms with Crippen molar-refractivity contribution < 1.29 is 14.4 Å². The van der Waals surface area contributed by atoms with Crippen molar-refractivity contribution in [3.8, 4) is 0 Å². The number of hydrogen-bond acceptors (Lipinski definition) is 4. The number of imide groups is 1. The smallest absolute Gasteiger partial charge is 0.323 e. The van der Waals surface area contributed by atoms with Crippen LogP contribution in [0.3, 0.4) is 0 Å². The summed E-state index contributed by atoms with van der Waals surface area (Å²) in [5.74, 6) is 0.134. The maximum atomic E-state index is 13.1. The highest BCUT2D eigenvalue weighted by Crippen LogP contribution is 2.38. The molecule has 6 nitrogen and oxygen atoms in total. The second kappa shape index (κ2) is 7.43. The third-order valence-corrected chi connectivity index (χ3v) is 7.45. The van der Waals surface area contributed by atoms with Gasteiger partial charge in [0.25, 0.3) is 5.91 Å². The predicted octanol–water partition coefficient (Wildman–Crippen LogP) is 3.40. The van der Waals surface area contributed by atoms with E-state index in [0.29, 0.717) is 30.6 Å². The summed E-state index contributed by atoms with van der Waals surface area (Å²) in [7, 11) is 0. The fraction of sp³-hybridized carbons (Fsp3) is 0.571. The van der Waals surface area contributed by atoms with Crippen LogP contribution in [-0.4, -0.2) is 46.6 Å². The molecule has 1 aromatic rings. The Kier molecular flexibility index (Phi) is 5.12. The molecule has 1 atom stereocenters. The van der Waals surface area contributed by atoms with E-state index in [-0.39, 0.29) is 18.4 Å². The molecule has 4 amide bonds. The zero-order valence-corrected chi connectivity index (χ0v) is 17.3. The molecule has 1 unspecified atom stereocenters. The molecule has 150 valence electrons. The molecule has 0 radical (unpaired) electrons. The molecule has 2 fully saturated rings. The van der Waals surface area contributed by atoms with Crippen molar-refractivity contribution in [3.05, 3.63) is 24.3 Å². The lowest BCUT2D eigenvalue weighted by Crippen LogP contribution is -2.50. The lowest BCUT2D eigenvalue weighted by molar-refractivity contribution is -0.135. The highest BCUT2D eigenvalue weighted by molar-refractivity contribution is 8.00. The van der Waals surface area contributed by atoms with Crippen LogP contribution in [0.25, 0.3) is 0 Å². The lowest BCUT2D eigenvalue weighted by Gasteiger charge is -2.33. The summed E-state index contributed by atoms with van der Waals surface area (Å²) in [6, 6.07) is 7.42. The van der Waals surface area contributed by atoms with E-state index in [0.717, 1.165) is 34.7 Å². The van der Waals surface area contributed by atoms with E-state index < -0.39 is 11.6 Å². The molecule has 2 aliphatic heterocycles. The first-order chi connectivity index (χ1) is 13.4. The SMILES string of the molecule is CC1CCC2(CC1)NC(=O)N(CC(=O)N1CCC(C)Sc3ccccc31)C2=O. The topological polar surface area (TPSA) is 69.7 Å². The minimum absolute atomic E-state index is 0.199. The molecule has 1 spiro atoms. The summed E-state index contributed by atoms with van der Waals surface area (Å²) >= 11 is 1.76. The average molecular weight is 402 g/mol. The quantitative estimate of drug-likeness (QED) is 0.771. The molecule has 7 heteroatoms. The van der Waals surface area contributed by atoms with Crippen molar-refractivity contribution in [3.63, 3.8) is 0 Å². The maximum Gasteiger partial charge on any atom is 0.325 e. The van der Waals surface area contributed by atoms with Gasteiger partial charge in [0.15, 0.2) is 0 Å². The van der Waals surface area contributed by atoms with Crippen molar-refractivity contribution in [2.75, 3.05) is 18.0 Å². The molecule has 4 rings (SSSR count). The van der Waals surface area contributed by atoms with E-state index in [1.165, 1.54) is 0 Å². The fourth-order valence-electron chi connectivity index (χ4n) is 4.38. The molecule has 1 N–H and O–H groups in total. The van der Waals surface area contributed by atoms with Gasteiger partial charge in [-0.1, -0.05) is 26.0 Å². The van der Waals surface area contributed by atoms with E-state index in [1.807, 2.05) is 24.3 Å². The molecular formula is C21H27N3O3S. The van der Waals surface area contributed by atoms with Gasteiger partial charge in [-0.2, -0.15) is 0 Å². The number of anilines is 1. The first-order valence-corrected chi connectivity index (χ1v) is 11.0. The van der Waals surface area contributed by atoms with Crippen LogP contribution >= 0.6 is 11.8 Å².